The Bertz CT molecular complexity index is 3110. The minimum Gasteiger partial charge on any atom is -0.344 e. The molecule has 0 saturated carbocycles. The summed E-state index contributed by atoms with van der Waals surface area (Å²) in [6, 6.07) is 66.7. The third-order valence-electron chi connectivity index (χ3n) is 10.8. The number of hydrogen-bond donors (Lipinski definition) is 1. The summed E-state index contributed by atoms with van der Waals surface area (Å²) in [4.78, 5) is 10.5. The van der Waals surface area contributed by atoms with Crippen molar-refractivity contribution < 1.29 is 0 Å². The van der Waals surface area contributed by atoms with E-state index in [0.29, 0.717) is 5.84 Å². The molecule has 3 heterocycles. The highest BCUT2D eigenvalue weighted by Crippen LogP contribution is 2.38. The van der Waals surface area contributed by atoms with Gasteiger partial charge in [-0.3, -0.25) is 0 Å². The second kappa shape index (κ2) is 12.2. The Hall–Kier alpha value is -7.24. The zero-order chi connectivity index (χ0) is 35.6. The summed E-state index contributed by atoms with van der Waals surface area (Å²) in [5.41, 5.74) is 9.99. The van der Waals surface area contributed by atoms with Crippen molar-refractivity contribution in [3.8, 4) is 11.4 Å². The van der Waals surface area contributed by atoms with Gasteiger partial charge in [-0.15, -0.1) is 0 Å². The summed E-state index contributed by atoms with van der Waals surface area (Å²) in [6.07, 6.45) is -0.310. The number of benzene rings is 8. The third kappa shape index (κ3) is 4.72. The Morgan fingerprint density at radius 2 is 1.07 bits per heavy atom. The number of fused-ring (bicyclic) bond motifs is 8. The van der Waals surface area contributed by atoms with Crippen LogP contribution in [0.2, 0.25) is 0 Å². The first-order chi connectivity index (χ1) is 26.8. The number of aromatic nitrogens is 2. The molecule has 0 aliphatic carbocycles. The van der Waals surface area contributed by atoms with Crippen molar-refractivity contribution in [1.82, 2.24) is 14.5 Å². The molecule has 8 aromatic carbocycles. The number of nitrogens with zero attached hydrogens (tertiary/aromatic N) is 4. The van der Waals surface area contributed by atoms with Gasteiger partial charge in [-0.05, 0) is 65.5 Å². The van der Waals surface area contributed by atoms with Gasteiger partial charge in [0.15, 0.2) is 5.84 Å². The molecule has 0 radical (unpaired) electrons. The van der Waals surface area contributed by atoms with Gasteiger partial charge in [0.25, 0.3) is 0 Å². The van der Waals surface area contributed by atoms with Crippen LogP contribution in [0.4, 0.5) is 0 Å². The molecule has 0 amide bonds. The zero-order valence-electron chi connectivity index (χ0n) is 29.3. The molecule has 1 unspecified atom stereocenters. The van der Waals surface area contributed by atoms with E-state index >= 15 is 0 Å². The first kappa shape index (κ1) is 30.4. The van der Waals surface area contributed by atoms with Crippen LogP contribution in [0.15, 0.2) is 198 Å². The molecule has 10 aromatic rings. The van der Waals surface area contributed by atoms with Crippen LogP contribution in [0, 0.1) is 0 Å². The first-order valence-electron chi connectivity index (χ1n) is 18.4. The fourth-order valence-corrected chi connectivity index (χ4v) is 8.35. The van der Waals surface area contributed by atoms with E-state index in [0.717, 1.165) is 50.3 Å². The highest BCUT2D eigenvalue weighted by Gasteiger charge is 2.25. The van der Waals surface area contributed by atoms with Crippen molar-refractivity contribution in [3.63, 3.8) is 0 Å². The number of para-hydroxylation sites is 3. The topological polar surface area (TPSA) is 46.6 Å². The molecule has 1 aliphatic heterocycles. The average molecular weight is 692 g/mol. The quantitative estimate of drug-likeness (QED) is 0.192. The minimum atomic E-state index is -0.310. The van der Waals surface area contributed by atoms with Crippen molar-refractivity contribution in [1.29, 1.82) is 0 Å². The summed E-state index contributed by atoms with van der Waals surface area (Å²) >= 11 is 0. The molecule has 0 fully saturated rings. The molecule has 254 valence electrons. The molecule has 11 rings (SSSR count). The molecule has 0 bridgehead atoms. The Morgan fingerprint density at radius 1 is 0.444 bits per heavy atom. The lowest BCUT2D eigenvalue weighted by Gasteiger charge is -2.24. The maximum Gasteiger partial charge on any atom is 0.159 e. The van der Waals surface area contributed by atoms with Gasteiger partial charge in [0, 0.05) is 49.4 Å². The molecule has 0 saturated heterocycles. The number of amidine groups is 2. The SMILES string of the molecule is c1ccc(C2N=C(c3ccc(-n4c5ccccc5c5ccc6ccccc6c54)cc3)N=C(c3cccc4c3c3ccccc3n4-c3ccccc3)N2)cc1. The van der Waals surface area contributed by atoms with E-state index in [9.17, 15) is 0 Å². The van der Waals surface area contributed by atoms with Gasteiger partial charge >= 0.3 is 0 Å². The van der Waals surface area contributed by atoms with Crippen LogP contribution in [0.25, 0.3) is 65.8 Å². The molecule has 2 aromatic heterocycles. The molecule has 0 spiro atoms. The Balaban J connectivity index is 1.08. The lowest BCUT2D eigenvalue weighted by Crippen LogP contribution is -2.33. The number of aliphatic imine (C=N–C) groups is 2. The predicted molar refractivity (Wildman–Crippen MR) is 224 cm³/mol. The molecular formula is C49H33N5. The van der Waals surface area contributed by atoms with Crippen LogP contribution < -0.4 is 5.32 Å². The largest absolute Gasteiger partial charge is 0.344 e. The standard InChI is InChI=1S/C49H33N5/c1-3-15-33(16-4-1)47-50-48(52-49(51-47)41-22-13-25-44-45(41)40-21-10-12-24-43(40)53(44)35-17-5-2-6-18-35)34-26-29-36(30-27-34)54-42-23-11-9-20-38(42)39-31-28-32-14-7-8-19-37(32)46(39)54/h1-31,47H,(H,50,51,52). The molecule has 5 heteroatoms. The van der Waals surface area contributed by atoms with Gasteiger partial charge in [0.2, 0.25) is 0 Å². The number of nitrogens with one attached hydrogen (secondary N) is 1. The number of rotatable bonds is 5. The highest BCUT2D eigenvalue weighted by atomic mass is 15.2. The summed E-state index contributed by atoms with van der Waals surface area (Å²) in [6.45, 7) is 0. The van der Waals surface area contributed by atoms with E-state index in [4.69, 9.17) is 9.98 Å². The van der Waals surface area contributed by atoms with E-state index in [2.05, 4.69) is 196 Å². The van der Waals surface area contributed by atoms with Gasteiger partial charge in [0.05, 0.1) is 22.1 Å². The number of hydrogen-bond acceptors (Lipinski definition) is 3. The summed E-state index contributed by atoms with van der Waals surface area (Å²) < 4.78 is 4.74. The second-order valence-corrected chi connectivity index (χ2v) is 13.8. The van der Waals surface area contributed by atoms with Crippen LogP contribution in [0.1, 0.15) is 22.9 Å². The van der Waals surface area contributed by atoms with Gasteiger partial charge in [-0.2, -0.15) is 0 Å². The molecule has 5 nitrogen and oxygen atoms in total. The maximum absolute atomic E-state index is 5.31. The minimum absolute atomic E-state index is 0.310. The molecular weight excluding hydrogens is 659 g/mol. The van der Waals surface area contributed by atoms with E-state index in [1.165, 1.54) is 38.0 Å². The summed E-state index contributed by atoms with van der Waals surface area (Å²) in [7, 11) is 0. The monoisotopic (exact) mass is 691 g/mol. The third-order valence-corrected chi connectivity index (χ3v) is 10.8. The fraction of sp³-hybridized carbons (Fsp3) is 0.0204. The van der Waals surface area contributed by atoms with Crippen LogP contribution in [0.5, 0.6) is 0 Å². The van der Waals surface area contributed by atoms with E-state index in [1.54, 1.807) is 0 Å². The van der Waals surface area contributed by atoms with Crippen molar-refractivity contribution in [2.45, 2.75) is 6.17 Å². The van der Waals surface area contributed by atoms with Gasteiger partial charge in [-0.1, -0.05) is 133 Å². The molecule has 1 N–H and O–H groups in total. The Labute approximate surface area is 311 Å². The van der Waals surface area contributed by atoms with Crippen molar-refractivity contribution >= 4 is 66.1 Å². The van der Waals surface area contributed by atoms with E-state index < -0.39 is 0 Å². The fourth-order valence-electron chi connectivity index (χ4n) is 8.35. The first-order valence-corrected chi connectivity index (χ1v) is 18.4. The van der Waals surface area contributed by atoms with E-state index in [-0.39, 0.29) is 6.17 Å². The molecule has 1 atom stereocenters. The van der Waals surface area contributed by atoms with Gasteiger partial charge in [-0.25, -0.2) is 9.98 Å². The Morgan fingerprint density at radius 3 is 1.87 bits per heavy atom. The molecule has 54 heavy (non-hydrogen) atoms. The summed E-state index contributed by atoms with van der Waals surface area (Å²) in [5.74, 6) is 1.49. The summed E-state index contributed by atoms with van der Waals surface area (Å²) in [5, 5.41) is 11.0. The average Bonchev–Trinajstić information content (AvgIpc) is 3.78. The maximum atomic E-state index is 5.31. The predicted octanol–water partition coefficient (Wildman–Crippen LogP) is 11.5. The lowest BCUT2D eigenvalue weighted by atomic mass is 10.0. The zero-order valence-corrected chi connectivity index (χ0v) is 29.3. The Kier molecular flexibility index (Phi) is 6.85. The van der Waals surface area contributed by atoms with Crippen LogP contribution >= 0.6 is 0 Å². The normalized spacial score (nSPS) is 14.5. The van der Waals surface area contributed by atoms with Crippen LogP contribution in [-0.4, -0.2) is 20.8 Å². The van der Waals surface area contributed by atoms with Crippen molar-refractivity contribution in [2.75, 3.05) is 0 Å². The smallest absolute Gasteiger partial charge is 0.159 e. The lowest BCUT2D eigenvalue weighted by molar-refractivity contribution is 0.674. The van der Waals surface area contributed by atoms with Crippen LogP contribution in [-0.2, 0) is 0 Å². The van der Waals surface area contributed by atoms with Gasteiger partial charge < -0.3 is 14.5 Å². The van der Waals surface area contributed by atoms with E-state index in [1.807, 2.05) is 6.07 Å². The van der Waals surface area contributed by atoms with Crippen molar-refractivity contribution in [2.24, 2.45) is 9.98 Å². The van der Waals surface area contributed by atoms with Gasteiger partial charge in [0.1, 0.15) is 12.0 Å². The molecule has 1 aliphatic rings. The highest BCUT2D eigenvalue weighted by molar-refractivity contribution is 6.23. The van der Waals surface area contributed by atoms with Crippen molar-refractivity contribution in [3.05, 3.63) is 205 Å². The second-order valence-electron chi connectivity index (χ2n) is 13.8. The van der Waals surface area contributed by atoms with Crippen LogP contribution in [0.3, 0.4) is 0 Å².